The molecule has 0 aliphatic heterocycles. The van der Waals surface area contributed by atoms with Crippen LogP contribution in [0, 0.1) is 0 Å². The third-order valence-electron chi connectivity index (χ3n) is 5.20. The highest BCUT2D eigenvalue weighted by Crippen LogP contribution is 2.30. The molecule has 5 nitrogen and oxygen atoms in total. The topological polar surface area (TPSA) is 48.5 Å². The van der Waals surface area contributed by atoms with Gasteiger partial charge >= 0.3 is 6.55 Å². The first kappa shape index (κ1) is 21.6. The normalized spacial score (nSPS) is 11.5. The number of fused-ring (bicyclic) bond motifs is 1. The van der Waals surface area contributed by atoms with Crippen molar-refractivity contribution in [2.45, 2.75) is 24.0 Å². The van der Waals surface area contributed by atoms with E-state index in [0.717, 1.165) is 15.7 Å². The molecule has 2 aromatic heterocycles. The molecule has 0 aliphatic rings. The lowest BCUT2D eigenvalue weighted by molar-refractivity contribution is 0.0722. The molecule has 0 fully saturated rings. The monoisotopic (exact) mass is 481 g/mol. The van der Waals surface area contributed by atoms with Crippen molar-refractivity contribution in [2.75, 3.05) is 0 Å². The standard InChI is InChI=1S/C24H18ClF2N5S/c25-18-12-10-17(11-13-18)22-29-30-24(31(22)14-16-6-2-1-3-7-16)33-15-21-28-19-8-4-5-9-20(19)32(21)23(26)27/h1-13,23H,14-15H2. The summed E-state index contributed by atoms with van der Waals surface area (Å²) in [5, 5.41) is 10.0. The van der Waals surface area contributed by atoms with E-state index in [2.05, 4.69) is 15.2 Å². The number of imidazole rings is 1. The van der Waals surface area contributed by atoms with Crippen molar-refractivity contribution >= 4 is 34.4 Å². The van der Waals surface area contributed by atoms with E-state index in [1.54, 1.807) is 36.4 Å². The van der Waals surface area contributed by atoms with Crippen molar-refractivity contribution in [3.05, 3.63) is 95.3 Å². The third kappa shape index (κ3) is 4.49. The summed E-state index contributed by atoms with van der Waals surface area (Å²) >= 11 is 7.38. The number of halogens is 3. The highest BCUT2D eigenvalue weighted by molar-refractivity contribution is 7.98. The zero-order valence-electron chi connectivity index (χ0n) is 17.3. The zero-order chi connectivity index (χ0) is 22.8. The van der Waals surface area contributed by atoms with E-state index in [0.29, 0.717) is 39.4 Å². The Balaban J connectivity index is 1.50. The van der Waals surface area contributed by atoms with Gasteiger partial charge < -0.3 is 0 Å². The van der Waals surface area contributed by atoms with Gasteiger partial charge in [0, 0.05) is 10.6 Å². The molecular weight excluding hydrogens is 464 g/mol. The summed E-state index contributed by atoms with van der Waals surface area (Å²) < 4.78 is 30.6. The molecule has 0 saturated heterocycles. The first-order valence-electron chi connectivity index (χ1n) is 10.2. The Hall–Kier alpha value is -3.23. The molecule has 5 rings (SSSR count). The lowest BCUT2D eigenvalue weighted by Gasteiger charge is -2.11. The van der Waals surface area contributed by atoms with Crippen molar-refractivity contribution in [1.29, 1.82) is 0 Å². The minimum Gasteiger partial charge on any atom is -0.298 e. The number of rotatable bonds is 7. The van der Waals surface area contributed by atoms with Crippen molar-refractivity contribution < 1.29 is 8.78 Å². The SMILES string of the molecule is FC(F)n1c(CSc2nnc(-c3ccc(Cl)cc3)n2Cc2ccccc2)nc2ccccc21. The van der Waals surface area contributed by atoms with Crippen LogP contribution in [0.1, 0.15) is 17.9 Å². The molecule has 0 atom stereocenters. The minimum atomic E-state index is -2.68. The molecule has 0 bridgehead atoms. The van der Waals surface area contributed by atoms with Crippen LogP contribution in [0.3, 0.4) is 0 Å². The summed E-state index contributed by atoms with van der Waals surface area (Å²) in [4.78, 5) is 4.43. The summed E-state index contributed by atoms with van der Waals surface area (Å²) in [5.74, 6) is 1.20. The van der Waals surface area contributed by atoms with E-state index in [4.69, 9.17) is 11.6 Å². The van der Waals surface area contributed by atoms with E-state index in [9.17, 15) is 8.78 Å². The van der Waals surface area contributed by atoms with Crippen LogP contribution in [0.5, 0.6) is 0 Å². The Morgan fingerprint density at radius 1 is 0.879 bits per heavy atom. The smallest absolute Gasteiger partial charge is 0.298 e. The first-order valence-corrected chi connectivity index (χ1v) is 11.6. The highest BCUT2D eigenvalue weighted by atomic mass is 35.5. The Bertz CT molecular complexity index is 1380. The third-order valence-corrected chi connectivity index (χ3v) is 6.41. The maximum absolute atomic E-state index is 13.8. The number of thioether (sulfide) groups is 1. The number of para-hydroxylation sites is 2. The van der Waals surface area contributed by atoms with E-state index < -0.39 is 6.55 Å². The van der Waals surface area contributed by atoms with Gasteiger partial charge in [-0.3, -0.25) is 9.13 Å². The maximum Gasteiger partial charge on any atom is 0.320 e. The lowest BCUT2D eigenvalue weighted by atomic mass is 10.2. The van der Waals surface area contributed by atoms with Crippen LogP contribution in [0.4, 0.5) is 8.78 Å². The predicted octanol–water partition coefficient (Wildman–Crippen LogP) is 6.68. The molecule has 0 aliphatic carbocycles. The summed E-state index contributed by atoms with van der Waals surface area (Å²) in [6, 6.07) is 24.2. The molecular formula is C24H18ClF2N5S. The molecule has 2 heterocycles. The van der Waals surface area contributed by atoms with E-state index in [1.165, 1.54) is 11.8 Å². The van der Waals surface area contributed by atoms with Crippen molar-refractivity contribution in [2.24, 2.45) is 0 Å². The quantitative estimate of drug-likeness (QED) is 0.243. The van der Waals surface area contributed by atoms with Crippen molar-refractivity contribution in [3.8, 4) is 11.4 Å². The van der Waals surface area contributed by atoms with Crippen LogP contribution in [-0.2, 0) is 12.3 Å². The molecule has 3 aromatic carbocycles. The van der Waals surface area contributed by atoms with E-state index >= 15 is 0 Å². The fourth-order valence-corrected chi connectivity index (χ4v) is 4.65. The van der Waals surface area contributed by atoms with Gasteiger partial charge in [0.2, 0.25) is 0 Å². The van der Waals surface area contributed by atoms with Gasteiger partial charge in [0.15, 0.2) is 11.0 Å². The average molecular weight is 482 g/mol. The second-order valence-electron chi connectivity index (χ2n) is 7.34. The van der Waals surface area contributed by atoms with Crippen LogP contribution >= 0.6 is 23.4 Å². The fourth-order valence-electron chi connectivity index (χ4n) is 3.66. The van der Waals surface area contributed by atoms with Crippen LogP contribution in [0.25, 0.3) is 22.4 Å². The highest BCUT2D eigenvalue weighted by Gasteiger charge is 2.20. The molecule has 0 spiro atoms. The van der Waals surface area contributed by atoms with Crippen molar-refractivity contribution in [3.63, 3.8) is 0 Å². The second kappa shape index (κ2) is 9.33. The number of hydrogen-bond donors (Lipinski definition) is 0. The molecule has 0 saturated carbocycles. The lowest BCUT2D eigenvalue weighted by Crippen LogP contribution is -2.06. The second-order valence-corrected chi connectivity index (χ2v) is 8.72. The summed E-state index contributed by atoms with van der Waals surface area (Å²) in [7, 11) is 0. The van der Waals surface area contributed by atoms with Crippen LogP contribution in [0.15, 0.2) is 84.0 Å². The number of nitrogens with zero attached hydrogens (tertiary/aromatic N) is 5. The van der Waals surface area contributed by atoms with Crippen LogP contribution < -0.4 is 0 Å². The Labute approximate surface area is 198 Å². The molecule has 0 radical (unpaired) electrons. The van der Waals surface area contributed by atoms with Gasteiger partial charge in [0.25, 0.3) is 0 Å². The summed E-state index contributed by atoms with van der Waals surface area (Å²) in [6.45, 7) is -2.14. The molecule has 0 unspecified atom stereocenters. The number of aromatic nitrogens is 5. The van der Waals surface area contributed by atoms with Gasteiger partial charge in [0.1, 0.15) is 5.82 Å². The predicted molar refractivity (Wildman–Crippen MR) is 127 cm³/mol. The number of alkyl halides is 2. The van der Waals surface area contributed by atoms with Crippen LogP contribution in [0.2, 0.25) is 5.02 Å². The molecule has 5 aromatic rings. The number of benzene rings is 3. The molecule has 0 amide bonds. The van der Waals surface area contributed by atoms with Gasteiger partial charge in [-0.05, 0) is 42.0 Å². The van der Waals surface area contributed by atoms with Crippen LogP contribution in [-0.4, -0.2) is 24.3 Å². The summed E-state index contributed by atoms with van der Waals surface area (Å²) in [6.07, 6.45) is 0. The average Bonchev–Trinajstić information content (AvgIpc) is 3.40. The minimum absolute atomic E-state index is 0.229. The maximum atomic E-state index is 13.8. The molecule has 33 heavy (non-hydrogen) atoms. The molecule has 166 valence electrons. The first-order chi connectivity index (χ1) is 16.1. The Kier molecular flexibility index (Phi) is 6.11. The Morgan fingerprint density at radius 3 is 2.36 bits per heavy atom. The molecule has 0 N–H and O–H groups in total. The van der Waals surface area contributed by atoms with Gasteiger partial charge in [-0.1, -0.05) is 65.8 Å². The largest absolute Gasteiger partial charge is 0.320 e. The van der Waals surface area contributed by atoms with Gasteiger partial charge in [-0.15, -0.1) is 10.2 Å². The molecule has 9 heteroatoms. The summed E-state index contributed by atoms with van der Waals surface area (Å²) in [5.41, 5.74) is 2.90. The number of hydrogen-bond acceptors (Lipinski definition) is 4. The fraction of sp³-hybridized carbons (Fsp3) is 0.125. The Morgan fingerprint density at radius 2 is 1.61 bits per heavy atom. The van der Waals surface area contributed by atoms with Crippen molar-refractivity contribution in [1.82, 2.24) is 24.3 Å². The zero-order valence-corrected chi connectivity index (χ0v) is 18.8. The van der Waals surface area contributed by atoms with E-state index in [-0.39, 0.29) is 5.75 Å². The van der Waals surface area contributed by atoms with Gasteiger partial charge in [-0.2, -0.15) is 8.78 Å². The van der Waals surface area contributed by atoms with Gasteiger partial charge in [-0.25, -0.2) is 4.98 Å². The van der Waals surface area contributed by atoms with E-state index in [1.807, 2.05) is 47.0 Å². The van der Waals surface area contributed by atoms with Gasteiger partial charge in [0.05, 0.1) is 23.3 Å².